The highest BCUT2D eigenvalue weighted by Gasteiger charge is 2.22. The van der Waals surface area contributed by atoms with Crippen LogP contribution in [-0.4, -0.2) is 71.3 Å². The number of amides is 2. The molecule has 0 aliphatic carbocycles. The molecule has 0 unspecified atom stereocenters. The summed E-state index contributed by atoms with van der Waals surface area (Å²) >= 11 is 0. The molecule has 1 aromatic rings. The molecule has 0 fully saturated rings. The van der Waals surface area contributed by atoms with Crippen LogP contribution in [0.4, 0.5) is 0 Å². The molecule has 0 aliphatic rings. The summed E-state index contributed by atoms with van der Waals surface area (Å²) in [7, 11) is 3.73. The van der Waals surface area contributed by atoms with E-state index in [1.54, 1.807) is 20.2 Å². The van der Waals surface area contributed by atoms with E-state index in [1.807, 2.05) is 0 Å². The van der Waals surface area contributed by atoms with Gasteiger partial charge in [0.25, 0.3) is 0 Å². The van der Waals surface area contributed by atoms with Gasteiger partial charge in [-0.1, -0.05) is 6.07 Å². The van der Waals surface area contributed by atoms with Crippen LogP contribution in [0.25, 0.3) is 6.08 Å². The summed E-state index contributed by atoms with van der Waals surface area (Å²) in [6.45, 7) is -0.112. The Kier molecular flexibility index (Phi) is 7.13. The second-order valence-corrected chi connectivity index (χ2v) is 7.66. The van der Waals surface area contributed by atoms with Crippen LogP contribution >= 0.6 is 0 Å². The summed E-state index contributed by atoms with van der Waals surface area (Å²) in [4.78, 5) is 24.5. The Hall–Kier alpha value is -2.39. The van der Waals surface area contributed by atoms with Crippen molar-refractivity contribution in [3.05, 3.63) is 29.8 Å². The first-order chi connectivity index (χ1) is 11.6. The average Bonchev–Trinajstić information content (AvgIpc) is 2.57. The molecule has 0 atom stereocenters. The van der Waals surface area contributed by atoms with Crippen LogP contribution in [0.1, 0.15) is 5.56 Å². The van der Waals surface area contributed by atoms with E-state index in [0.29, 0.717) is 5.56 Å². The van der Waals surface area contributed by atoms with Crippen molar-refractivity contribution in [1.29, 1.82) is 0 Å². The number of rotatable bonds is 7. The number of benzene rings is 1. The summed E-state index contributed by atoms with van der Waals surface area (Å²) in [5, 5.41) is 2.45. The van der Waals surface area contributed by atoms with E-state index < -0.39 is 15.9 Å². The Balaban J connectivity index is 2.97. The fraction of sp³-hybridized carbons (Fsp3) is 0.375. The van der Waals surface area contributed by atoms with Crippen molar-refractivity contribution in [2.24, 2.45) is 0 Å². The molecular formula is C16H23N3O5S. The molecule has 0 saturated heterocycles. The largest absolute Gasteiger partial charge is 0.495 e. The van der Waals surface area contributed by atoms with Crippen molar-refractivity contribution < 1.29 is 22.7 Å². The molecule has 0 heterocycles. The van der Waals surface area contributed by atoms with E-state index in [2.05, 4.69) is 5.32 Å². The lowest BCUT2D eigenvalue weighted by molar-refractivity contribution is -0.129. The number of likely N-dealkylation sites (N-methyl/N-ethyl adjacent to an activating group) is 1. The fourth-order valence-corrected chi connectivity index (χ4v) is 2.83. The second-order valence-electron chi connectivity index (χ2n) is 5.54. The van der Waals surface area contributed by atoms with E-state index in [-0.39, 0.29) is 23.1 Å². The lowest BCUT2D eigenvalue weighted by Gasteiger charge is -2.15. The van der Waals surface area contributed by atoms with Gasteiger partial charge in [-0.25, -0.2) is 12.7 Å². The van der Waals surface area contributed by atoms with Gasteiger partial charge >= 0.3 is 0 Å². The van der Waals surface area contributed by atoms with Gasteiger partial charge in [0.15, 0.2) is 0 Å². The smallest absolute Gasteiger partial charge is 0.246 e. The van der Waals surface area contributed by atoms with Crippen LogP contribution in [0.2, 0.25) is 0 Å². The zero-order valence-electron chi connectivity index (χ0n) is 14.9. The van der Waals surface area contributed by atoms with Gasteiger partial charge in [0.1, 0.15) is 10.6 Å². The first-order valence-corrected chi connectivity index (χ1v) is 8.80. The minimum Gasteiger partial charge on any atom is -0.495 e. The molecule has 8 nitrogen and oxygen atoms in total. The number of methoxy groups -OCH3 is 1. The van der Waals surface area contributed by atoms with E-state index in [9.17, 15) is 18.0 Å². The predicted octanol–water partition coefficient (Wildman–Crippen LogP) is 0.163. The van der Waals surface area contributed by atoms with Crippen molar-refractivity contribution >= 4 is 27.9 Å². The normalized spacial score (nSPS) is 11.6. The van der Waals surface area contributed by atoms with E-state index in [1.165, 1.54) is 50.4 Å². The highest BCUT2D eigenvalue weighted by molar-refractivity contribution is 7.89. The van der Waals surface area contributed by atoms with Gasteiger partial charge in [0, 0.05) is 34.3 Å². The Bertz CT molecular complexity index is 770. The van der Waals surface area contributed by atoms with Crippen LogP contribution < -0.4 is 10.1 Å². The van der Waals surface area contributed by atoms with E-state index in [0.717, 1.165) is 4.31 Å². The van der Waals surface area contributed by atoms with Crippen molar-refractivity contribution in [2.75, 3.05) is 41.8 Å². The molecule has 2 amide bonds. The molecule has 9 heteroatoms. The maximum absolute atomic E-state index is 12.3. The quantitative estimate of drug-likeness (QED) is 0.691. The number of nitrogens with one attached hydrogen (secondary N) is 1. The predicted molar refractivity (Wildman–Crippen MR) is 94.6 cm³/mol. The molecule has 0 spiro atoms. The monoisotopic (exact) mass is 369 g/mol. The topological polar surface area (TPSA) is 96.0 Å². The minimum absolute atomic E-state index is 0.00495. The van der Waals surface area contributed by atoms with Gasteiger partial charge < -0.3 is 15.0 Å². The van der Waals surface area contributed by atoms with Crippen molar-refractivity contribution in [2.45, 2.75) is 4.90 Å². The molecule has 138 valence electrons. The Morgan fingerprint density at radius 3 is 2.36 bits per heavy atom. The number of ether oxygens (including phenoxy) is 1. The Labute approximate surface area is 148 Å². The van der Waals surface area contributed by atoms with Gasteiger partial charge in [-0.05, 0) is 23.8 Å². The van der Waals surface area contributed by atoms with Crippen molar-refractivity contribution in [3.8, 4) is 5.75 Å². The SMILES string of the molecule is COc1ccc(/C=C/C(=O)NCC(=O)N(C)C)cc1S(=O)(=O)N(C)C. The standard InChI is InChI=1S/C16H23N3O5S/c1-18(2)16(21)11-17-15(20)9-7-12-6-8-13(24-5)14(10-12)25(22,23)19(3)4/h6-10H,11H2,1-5H3,(H,17,20)/b9-7+. The summed E-state index contributed by atoms with van der Waals surface area (Å²) < 4.78 is 30.9. The van der Waals surface area contributed by atoms with Crippen LogP contribution in [0, 0.1) is 0 Å². The third kappa shape index (κ3) is 5.57. The van der Waals surface area contributed by atoms with Gasteiger partial charge in [-0.2, -0.15) is 0 Å². The second kappa shape index (κ2) is 8.63. The van der Waals surface area contributed by atoms with Crippen molar-refractivity contribution in [1.82, 2.24) is 14.5 Å². The zero-order valence-corrected chi connectivity index (χ0v) is 15.8. The minimum atomic E-state index is -3.69. The first kappa shape index (κ1) is 20.7. The Morgan fingerprint density at radius 2 is 1.84 bits per heavy atom. The summed E-state index contributed by atoms with van der Waals surface area (Å²) in [6, 6.07) is 4.56. The van der Waals surface area contributed by atoms with Crippen LogP contribution in [0.3, 0.4) is 0 Å². The van der Waals surface area contributed by atoms with Gasteiger partial charge in [0.05, 0.1) is 13.7 Å². The average molecular weight is 369 g/mol. The molecule has 1 rings (SSSR count). The Morgan fingerprint density at radius 1 is 1.20 bits per heavy atom. The summed E-state index contributed by atoms with van der Waals surface area (Å²) in [5.41, 5.74) is 0.510. The number of hydrogen-bond acceptors (Lipinski definition) is 5. The highest BCUT2D eigenvalue weighted by atomic mass is 32.2. The third-order valence-corrected chi connectivity index (χ3v) is 5.12. The first-order valence-electron chi connectivity index (χ1n) is 7.36. The van der Waals surface area contributed by atoms with Crippen LogP contribution in [-0.2, 0) is 19.6 Å². The van der Waals surface area contributed by atoms with E-state index in [4.69, 9.17) is 4.74 Å². The lowest BCUT2D eigenvalue weighted by Crippen LogP contribution is -2.35. The van der Waals surface area contributed by atoms with Crippen molar-refractivity contribution in [3.63, 3.8) is 0 Å². The number of carbonyl (C=O) groups excluding carboxylic acids is 2. The van der Waals surface area contributed by atoms with Gasteiger partial charge in [-0.3, -0.25) is 9.59 Å². The number of carbonyl (C=O) groups is 2. The number of sulfonamides is 1. The van der Waals surface area contributed by atoms with E-state index >= 15 is 0 Å². The summed E-state index contributed by atoms with van der Waals surface area (Å²) in [6.07, 6.45) is 2.69. The number of nitrogens with zero attached hydrogens (tertiary/aromatic N) is 2. The fourth-order valence-electron chi connectivity index (χ4n) is 1.75. The van der Waals surface area contributed by atoms with Crippen LogP contribution in [0.5, 0.6) is 5.75 Å². The summed E-state index contributed by atoms with van der Waals surface area (Å²) in [5.74, 6) is -0.472. The molecule has 0 radical (unpaired) electrons. The molecule has 0 bridgehead atoms. The molecule has 0 aliphatic heterocycles. The van der Waals surface area contributed by atoms with Crippen LogP contribution in [0.15, 0.2) is 29.2 Å². The van der Waals surface area contributed by atoms with Gasteiger partial charge in [-0.15, -0.1) is 0 Å². The molecule has 0 saturated carbocycles. The maximum Gasteiger partial charge on any atom is 0.246 e. The molecular weight excluding hydrogens is 346 g/mol. The third-order valence-electron chi connectivity index (χ3n) is 3.29. The molecule has 25 heavy (non-hydrogen) atoms. The lowest BCUT2D eigenvalue weighted by atomic mass is 10.2. The zero-order chi connectivity index (χ0) is 19.2. The molecule has 1 aromatic carbocycles. The maximum atomic E-state index is 12.3. The highest BCUT2D eigenvalue weighted by Crippen LogP contribution is 2.27. The molecule has 1 N–H and O–H groups in total. The van der Waals surface area contributed by atoms with Gasteiger partial charge in [0.2, 0.25) is 21.8 Å². The number of hydrogen-bond donors (Lipinski definition) is 1. The molecule has 0 aromatic heterocycles.